The maximum absolute atomic E-state index is 12.4. The third kappa shape index (κ3) is 2.14. The van der Waals surface area contributed by atoms with Crippen molar-refractivity contribution in [2.75, 3.05) is 6.61 Å². The Morgan fingerprint density at radius 1 is 1.23 bits per heavy atom. The lowest BCUT2D eigenvalue weighted by Crippen LogP contribution is -2.62. The zero-order valence-electron chi connectivity index (χ0n) is 15.7. The second kappa shape index (κ2) is 5.73. The highest BCUT2D eigenvalue weighted by Crippen LogP contribution is 2.67. The summed E-state index contributed by atoms with van der Waals surface area (Å²) in [6.45, 7) is 3.46. The van der Waals surface area contributed by atoms with Gasteiger partial charge in [0.25, 0.3) is 0 Å². The van der Waals surface area contributed by atoms with E-state index in [4.69, 9.17) is 0 Å². The molecule has 0 aliphatic heterocycles. The van der Waals surface area contributed by atoms with Crippen molar-refractivity contribution >= 4 is 11.6 Å². The van der Waals surface area contributed by atoms with Crippen molar-refractivity contribution in [1.82, 2.24) is 0 Å². The van der Waals surface area contributed by atoms with Gasteiger partial charge in [-0.25, -0.2) is 0 Å². The summed E-state index contributed by atoms with van der Waals surface area (Å²) >= 11 is 0. The van der Waals surface area contributed by atoms with Crippen LogP contribution in [0.3, 0.4) is 0 Å². The van der Waals surface area contributed by atoms with E-state index in [-0.39, 0.29) is 29.0 Å². The van der Waals surface area contributed by atoms with E-state index in [1.807, 2.05) is 6.92 Å². The van der Waals surface area contributed by atoms with Crippen LogP contribution in [0.2, 0.25) is 0 Å². The van der Waals surface area contributed by atoms with Crippen molar-refractivity contribution in [3.05, 3.63) is 11.6 Å². The van der Waals surface area contributed by atoms with Crippen LogP contribution in [0.15, 0.2) is 11.6 Å². The number of allylic oxidation sites excluding steroid dienone is 1. The van der Waals surface area contributed by atoms with Crippen LogP contribution < -0.4 is 0 Å². The Labute approximate surface area is 154 Å². The normalized spacial score (nSPS) is 50.5. The topological polar surface area (TPSA) is 94.8 Å². The summed E-state index contributed by atoms with van der Waals surface area (Å²) in [4.78, 5) is 24.3. The van der Waals surface area contributed by atoms with E-state index >= 15 is 0 Å². The van der Waals surface area contributed by atoms with Gasteiger partial charge in [0.2, 0.25) is 0 Å². The number of ketones is 2. The van der Waals surface area contributed by atoms with Gasteiger partial charge in [-0.1, -0.05) is 19.4 Å². The molecule has 0 bridgehead atoms. The highest BCUT2D eigenvalue weighted by Gasteiger charge is 2.68. The number of Topliss-reactive ketones (excluding diaryl/α,β-unsaturated/α-hetero) is 1. The molecule has 0 aromatic heterocycles. The second-order valence-electron chi connectivity index (χ2n) is 9.56. The first-order valence-corrected chi connectivity index (χ1v) is 9.96. The first-order valence-electron chi connectivity index (χ1n) is 9.96. The van der Waals surface area contributed by atoms with Crippen molar-refractivity contribution in [3.8, 4) is 0 Å². The van der Waals surface area contributed by atoms with E-state index in [2.05, 4.69) is 6.92 Å². The van der Waals surface area contributed by atoms with Gasteiger partial charge in [0.05, 0.1) is 6.10 Å². The van der Waals surface area contributed by atoms with Crippen LogP contribution in [0.1, 0.15) is 58.8 Å². The molecule has 26 heavy (non-hydrogen) atoms. The number of rotatable bonds is 2. The van der Waals surface area contributed by atoms with Crippen LogP contribution in [0.25, 0.3) is 0 Å². The first-order chi connectivity index (χ1) is 12.2. The molecule has 0 spiro atoms. The largest absolute Gasteiger partial charge is 0.393 e. The van der Waals surface area contributed by atoms with Crippen LogP contribution in [0.4, 0.5) is 0 Å². The monoisotopic (exact) mass is 365 g/mol. The van der Waals surface area contributed by atoms with Crippen molar-refractivity contribution < 1.29 is 24.9 Å². The number of hydrogen-bond donors (Lipinski definition) is 3. The molecule has 7 atom stereocenters. The minimum atomic E-state index is -1.54. The van der Waals surface area contributed by atoms with Crippen molar-refractivity contribution in [2.24, 2.45) is 28.6 Å². The molecule has 3 fully saturated rings. The fourth-order valence-corrected chi connectivity index (χ4v) is 7.28. The molecule has 4 rings (SSSR count). The lowest BCUT2D eigenvalue weighted by Gasteiger charge is -2.60. The van der Waals surface area contributed by atoms with E-state index in [0.29, 0.717) is 19.3 Å². The molecule has 0 aromatic carbocycles. The summed E-state index contributed by atoms with van der Waals surface area (Å²) in [5.74, 6) is 0.140. The molecule has 144 valence electrons. The van der Waals surface area contributed by atoms with E-state index in [0.717, 1.165) is 25.7 Å². The van der Waals surface area contributed by atoms with E-state index < -0.39 is 29.5 Å². The Bertz CT molecular complexity index is 684. The van der Waals surface area contributed by atoms with Crippen molar-refractivity contribution in [2.45, 2.75) is 70.5 Å². The lowest BCUT2D eigenvalue weighted by atomic mass is 9.46. The quantitative estimate of drug-likeness (QED) is 0.649. The summed E-state index contributed by atoms with van der Waals surface area (Å²) in [6.07, 6.45) is 5.74. The molecule has 0 saturated heterocycles. The SMILES string of the molecule is C[C@]12C[13CH2][13C](=O)[13CH]=C1CCC1C2[C@@H](O)C[C@@]2(C)C1CC[C@]2(O)C(=O)CO. The predicted molar refractivity (Wildman–Crippen MR) is 95.1 cm³/mol. The predicted octanol–water partition coefficient (Wildman–Crippen LogP) is 1.78. The highest BCUT2D eigenvalue weighted by atomic mass is 16.3. The Morgan fingerprint density at radius 3 is 2.65 bits per heavy atom. The van der Waals surface area contributed by atoms with Gasteiger partial charge >= 0.3 is 0 Å². The Hall–Kier alpha value is -1.04. The van der Waals surface area contributed by atoms with Gasteiger partial charge in [0, 0.05) is 11.8 Å². The minimum absolute atomic E-state index is 0.0697. The zero-order chi connectivity index (χ0) is 18.9. The molecule has 4 aliphatic rings. The smallest absolute Gasteiger partial charge is 0.190 e. The Kier molecular flexibility index (Phi) is 4.04. The second-order valence-corrected chi connectivity index (χ2v) is 9.56. The molecule has 0 amide bonds. The standard InChI is InChI=1S/C21H30O5/c1-19-7-5-13(23)9-12(19)3-4-14-15-6-8-21(26,17(25)11-22)20(15,2)10-16(24)18(14)19/h9,14-16,18,22,24,26H,3-8,10-11H2,1-2H3/t14?,15?,16-,18?,19-,20-,21-/m0/s1/i5+1,9+1,13+1. The third-order valence-electron chi connectivity index (χ3n) is 8.65. The number of fused-ring (bicyclic) bond motifs is 5. The highest BCUT2D eigenvalue weighted by molar-refractivity contribution is 5.91. The van der Waals surface area contributed by atoms with Crippen LogP contribution in [-0.4, -0.2) is 45.2 Å². The molecular weight excluding hydrogens is 335 g/mol. The number of carbonyl (C=O) groups is 2. The molecule has 3 saturated carbocycles. The van der Waals surface area contributed by atoms with E-state index in [1.54, 1.807) is 6.08 Å². The number of hydrogen-bond acceptors (Lipinski definition) is 5. The summed E-state index contributed by atoms with van der Waals surface area (Å²) < 4.78 is 0. The van der Waals surface area contributed by atoms with Crippen molar-refractivity contribution in [1.29, 1.82) is 0 Å². The van der Waals surface area contributed by atoms with Gasteiger partial charge in [0.1, 0.15) is 12.2 Å². The van der Waals surface area contributed by atoms with Gasteiger partial charge in [-0.05, 0) is 67.8 Å². The molecule has 3 N–H and O–H groups in total. The molecule has 3 unspecified atom stereocenters. The van der Waals surface area contributed by atoms with Crippen LogP contribution in [0, 0.1) is 28.6 Å². The fraction of sp³-hybridized carbons (Fsp3) is 0.810. The van der Waals surface area contributed by atoms with E-state index in [1.165, 1.54) is 5.57 Å². The molecular formula is C21H30O5. The van der Waals surface area contributed by atoms with Gasteiger partial charge in [-0.3, -0.25) is 9.59 Å². The van der Waals surface area contributed by atoms with Gasteiger partial charge in [-0.2, -0.15) is 0 Å². The molecule has 0 radical (unpaired) electrons. The fourth-order valence-electron chi connectivity index (χ4n) is 7.28. The number of aliphatic hydroxyl groups is 3. The maximum Gasteiger partial charge on any atom is 0.190 e. The first kappa shape index (κ1) is 18.3. The molecule has 0 aromatic rings. The minimum Gasteiger partial charge on any atom is -0.393 e. The molecule has 4 aliphatic carbocycles. The van der Waals surface area contributed by atoms with E-state index in [9.17, 15) is 24.9 Å². The van der Waals surface area contributed by atoms with Crippen LogP contribution >= 0.6 is 0 Å². The molecule has 0 heterocycles. The van der Waals surface area contributed by atoms with Gasteiger partial charge in [0.15, 0.2) is 11.6 Å². The average Bonchev–Trinajstić information content (AvgIpc) is 2.86. The summed E-state index contributed by atoms with van der Waals surface area (Å²) in [5, 5.41) is 31.7. The van der Waals surface area contributed by atoms with Crippen LogP contribution in [-0.2, 0) is 9.59 Å². The lowest BCUT2D eigenvalue weighted by molar-refractivity contribution is -0.182. The summed E-state index contributed by atoms with van der Waals surface area (Å²) in [5.41, 5.74) is -1.23. The Morgan fingerprint density at radius 2 is 1.96 bits per heavy atom. The maximum atomic E-state index is 12.4. The third-order valence-corrected chi connectivity index (χ3v) is 8.65. The number of carbonyl (C=O) groups excluding carboxylic acids is 2. The number of aliphatic hydroxyl groups excluding tert-OH is 2. The van der Waals surface area contributed by atoms with Gasteiger partial charge < -0.3 is 15.3 Å². The molecule has 5 nitrogen and oxygen atoms in total. The Balaban J connectivity index is 1.74. The van der Waals surface area contributed by atoms with Crippen LogP contribution in [0.5, 0.6) is 0 Å². The zero-order valence-corrected chi connectivity index (χ0v) is 15.7. The summed E-state index contributed by atoms with van der Waals surface area (Å²) in [6, 6.07) is 0. The van der Waals surface area contributed by atoms with Crippen molar-refractivity contribution in [3.63, 3.8) is 0 Å². The molecule has 5 heteroatoms. The average molecular weight is 365 g/mol. The van der Waals surface area contributed by atoms with Gasteiger partial charge in [-0.15, -0.1) is 0 Å². The summed E-state index contributed by atoms with van der Waals surface area (Å²) in [7, 11) is 0.